The van der Waals surface area contributed by atoms with Gasteiger partial charge in [0.15, 0.2) is 0 Å². The van der Waals surface area contributed by atoms with E-state index in [1.54, 1.807) is 29.3 Å². The molecule has 3 fully saturated rings. The summed E-state index contributed by atoms with van der Waals surface area (Å²) in [6.45, 7) is 1.41. The first kappa shape index (κ1) is 35.3. The summed E-state index contributed by atoms with van der Waals surface area (Å²) in [6.07, 6.45) is 4.32. The first-order valence-electron chi connectivity index (χ1n) is 16.9. The minimum atomic E-state index is -0.778. The van der Waals surface area contributed by atoms with Crippen molar-refractivity contribution in [2.24, 2.45) is 5.92 Å². The third-order valence-corrected chi connectivity index (χ3v) is 11.5. The molecular weight excluding hydrogens is 671 g/mol. The number of carbonyl (C=O) groups is 4. The molecule has 1 unspecified atom stereocenters. The Labute approximate surface area is 294 Å². The Hall–Kier alpha value is -3.58. The predicted octanol–water partition coefficient (Wildman–Crippen LogP) is 5.67. The third-order valence-electron chi connectivity index (χ3n) is 10.2. The highest BCUT2D eigenvalue weighted by atomic mass is 35.5. The molecule has 2 saturated heterocycles. The second-order valence-electron chi connectivity index (χ2n) is 13.6. The fourth-order valence-electron chi connectivity index (χ4n) is 7.54. The van der Waals surface area contributed by atoms with E-state index in [2.05, 4.69) is 10.2 Å². The van der Waals surface area contributed by atoms with Gasteiger partial charge in [-0.1, -0.05) is 29.8 Å². The lowest BCUT2D eigenvalue weighted by Gasteiger charge is -2.31. The van der Waals surface area contributed by atoms with Crippen molar-refractivity contribution in [2.45, 2.75) is 75.6 Å². The number of carbonyl (C=O) groups excluding carboxylic acids is 3. The van der Waals surface area contributed by atoms with E-state index in [0.29, 0.717) is 44.2 Å². The van der Waals surface area contributed by atoms with E-state index in [1.165, 1.54) is 17.4 Å². The fourth-order valence-corrected chi connectivity index (χ4v) is 8.71. The van der Waals surface area contributed by atoms with Crippen molar-refractivity contribution in [1.82, 2.24) is 14.7 Å². The molecular formula is C36H42ClFN4O6S. The number of carboxylic acids is 1. The molecule has 6 rings (SSSR count). The summed E-state index contributed by atoms with van der Waals surface area (Å²) >= 11 is 7.98. The second-order valence-corrected chi connectivity index (χ2v) is 14.9. The topological polar surface area (TPSA) is 119 Å². The Morgan fingerprint density at radius 2 is 1.86 bits per heavy atom. The van der Waals surface area contributed by atoms with Crippen molar-refractivity contribution in [3.8, 4) is 0 Å². The first-order chi connectivity index (χ1) is 23.5. The lowest BCUT2D eigenvalue weighted by atomic mass is 9.87. The first-order valence-corrected chi connectivity index (χ1v) is 18.1. The summed E-state index contributed by atoms with van der Waals surface area (Å²) in [5.41, 5.74) is 0.702. The maximum atomic E-state index is 15.5. The Morgan fingerprint density at radius 1 is 1.10 bits per heavy atom. The summed E-state index contributed by atoms with van der Waals surface area (Å²) in [7, 11) is 3.50. The largest absolute Gasteiger partial charge is 0.481 e. The molecule has 13 heteroatoms. The van der Waals surface area contributed by atoms with Gasteiger partial charge in [-0.2, -0.15) is 0 Å². The molecule has 3 aromatic rings. The number of nitrogens with zero attached hydrogens (tertiary/aromatic N) is 3. The quantitative estimate of drug-likeness (QED) is 0.278. The molecule has 2 aliphatic heterocycles. The van der Waals surface area contributed by atoms with Crippen molar-refractivity contribution in [3.05, 3.63) is 63.7 Å². The molecule has 262 valence electrons. The molecule has 0 radical (unpaired) electrons. The van der Waals surface area contributed by atoms with Gasteiger partial charge in [-0.25, -0.2) is 4.39 Å². The van der Waals surface area contributed by atoms with Crippen molar-refractivity contribution >= 4 is 62.4 Å². The standard InChI is InChI=1S/C36H42ClFN4O6S/c1-40(2)35(45)31-7-5-13-41(31)23-16-24(19-48-25-11-9-21(10-12-25)36(46)47)42(18-23)33(43)15-22-14-28(37)30(17-29(22)38)39-34(44)27-20-49-32-8-4-3-6-26(27)32/h3-4,6,8,14,17,20-21,23-25,31H,5,7,9-13,15-16,18-19H2,1-2H3,(H,39,44)(H,46,47)/t21?,23-,24-,25?,31?/m0/s1. The molecule has 2 N–H and O–H groups in total. The lowest BCUT2D eigenvalue weighted by Crippen LogP contribution is -2.48. The van der Waals surface area contributed by atoms with Gasteiger partial charge in [0.25, 0.3) is 5.91 Å². The average Bonchev–Trinajstić information content (AvgIpc) is 3.84. The minimum Gasteiger partial charge on any atom is -0.481 e. The summed E-state index contributed by atoms with van der Waals surface area (Å²) in [5.74, 6) is -2.43. The van der Waals surface area contributed by atoms with Gasteiger partial charge in [0.1, 0.15) is 5.82 Å². The number of carboxylic acid groups (broad SMARTS) is 1. The molecule has 0 bridgehead atoms. The van der Waals surface area contributed by atoms with Crippen LogP contribution in [-0.2, 0) is 25.5 Å². The molecule has 3 heterocycles. The number of thiophene rings is 1. The van der Waals surface area contributed by atoms with Crippen molar-refractivity contribution in [2.75, 3.05) is 39.1 Å². The molecule has 1 aromatic heterocycles. The van der Waals surface area contributed by atoms with Crippen LogP contribution in [0.25, 0.3) is 10.1 Å². The molecule has 3 amide bonds. The zero-order chi connectivity index (χ0) is 34.8. The predicted molar refractivity (Wildman–Crippen MR) is 187 cm³/mol. The van der Waals surface area contributed by atoms with Crippen molar-refractivity contribution in [1.29, 1.82) is 0 Å². The van der Waals surface area contributed by atoms with Gasteiger partial charge in [0, 0.05) is 42.1 Å². The molecule has 3 atom stereocenters. The Morgan fingerprint density at radius 3 is 2.59 bits per heavy atom. The van der Waals surface area contributed by atoms with E-state index >= 15 is 4.39 Å². The smallest absolute Gasteiger partial charge is 0.306 e. The summed E-state index contributed by atoms with van der Waals surface area (Å²) in [5, 5.41) is 14.8. The number of nitrogens with one attached hydrogen (secondary N) is 1. The molecule has 3 aliphatic rings. The molecule has 2 aromatic carbocycles. The van der Waals surface area contributed by atoms with Crippen LogP contribution in [0.3, 0.4) is 0 Å². The maximum Gasteiger partial charge on any atom is 0.306 e. The van der Waals surface area contributed by atoms with Gasteiger partial charge in [-0.3, -0.25) is 24.1 Å². The van der Waals surface area contributed by atoms with Crippen molar-refractivity contribution in [3.63, 3.8) is 0 Å². The highest BCUT2D eigenvalue weighted by Crippen LogP contribution is 2.34. The van der Waals surface area contributed by atoms with E-state index < -0.39 is 17.7 Å². The SMILES string of the molecule is CN(C)C(=O)C1CCCN1[C@H]1C[C@@H](COC2CCC(C(=O)O)CC2)N(C(=O)Cc2cc(Cl)c(NC(=O)c3csc4ccccc34)cc2F)C1. The van der Waals surface area contributed by atoms with Crippen LogP contribution in [0.15, 0.2) is 41.8 Å². The number of fused-ring (bicyclic) bond motifs is 1. The molecule has 49 heavy (non-hydrogen) atoms. The number of likely N-dealkylation sites (tertiary alicyclic amines) is 2. The number of ether oxygens (including phenoxy) is 1. The van der Waals surface area contributed by atoms with Crippen LogP contribution in [0.1, 0.15) is 60.9 Å². The van der Waals surface area contributed by atoms with Gasteiger partial charge >= 0.3 is 5.97 Å². The van der Waals surface area contributed by atoms with Crippen LogP contribution in [-0.4, -0.2) is 102 Å². The highest BCUT2D eigenvalue weighted by Gasteiger charge is 2.44. The fraction of sp³-hybridized carbons (Fsp3) is 0.500. The lowest BCUT2D eigenvalue weighted by molar-refractivity contribution is -0.144. The zero-order valence-corrected chi connectivity index (χ0v) is 29.3. The monoisotopic (exact) mass is 712 g/mol. The molecule has 10 nitrogen and oxygen atoms in total. The number of amides is 3. The van der Waals surface area contributed by atoms with Gasteiger partial charge in [-0.05, 0) is 75.3 Å². The van der Waals surface area contributed by atoms with Crippen LogP contribution in [0.2, 0.25) is 5.02 Å². The summed E-state index contributed by atoms with van der Waals surface area (Å²) < 4.78 is 22.8. The van der Waals surface area contributed by atoms with E-state index in [-0.39, 0.29) is 71.3 Å². The second kappa shape index (κ2) is 15.1. The van der Waals surface area contributed by atoms with Crippen LogP contribution in [0.4, 0.5) is 10.1 Å². The van der Waals surface area contributed by atoms with E-state index in [1.807, 2.05) is 24.3 Å². The van der Waals surface area contributed by atoms with Gasteiger partial charge in [0.05, 0.1) is 53.4 Å². The van der Waals surface area contributed by atoms with E-state index in [9.17, 15) is 24.3 Å². The minimum absolute atomic E-state index is 0.0429. The number of hydrogen-bond acceptors (Lipinski definition) is 7. The number of likely N-dealkylation sites (N-methyl/N-ethyl adjacent to an activating group) is 1. The summed E-state index contributed by atoms with van der Waals surface area (Å²) in [4.78, 5) is 57.0. The number of anilines is 1. The Bertz CT molecular complexity index is 1730. The normalized spacial score (nSPS) is 24.3. The molecule has 1 saturated carbocycles. The zero-order valence-electron chi connectivity index (χ0n) is 27.7. The van der Waals surface area contributed by atoms with Crippen LogP contribution in [0, 0.1) is 11.7 Å². The van der Waals surface area contributed by atoms with Gasteiger partial charge < -0.3 is 25.0 Å². The molecule has 1 aliphatic carbocycles. The summed E-state index contributed by atoms with van der Waals surface area (Å²) in [6, 6.07) is 9.47. The van der Waals surface area contributed by atoms with Crippen LogP contribution < -0.4 is 5.32 Å². The van der Waals surface area contributed by atoms with E-state index in [4.69, 9.17) is 16.3 Å². The molecule has 0 spiro atoms. The number of hydrogen-bond donors (Lipinski definition) is 2. The van der Waals surface area contributed by atoms with Gasteiger partial charge in [-0.15, -0.1) is 11.3 Å². The third kappa shape index (κ3) is 7.77. The number of benzene rings is 2. The number of rotatable bonds is 10. The van der Waals surface area contributed by atoms with Crippen LogP contribution in [0.5, 0.6) is 0 Å². The van der Waals surface area contributed by atoms with Gasteiger partial charge in [0.2, 0.25) is 11.8 Å². The number of halogens is 2. The Balaban J connectivity index is 1.15. The Kier molecular flexibility index (Phi) is 10.9. The highest BCUT2D eigenvalue weighted by molar-refractivity contribution is 7.17. The van der Waals surface area contributed by atoms with E-state index in [0.717, 1.165) is 35.5 Å². The number of aliphatic carboxylic acids is 1. The maximum absolute atomic E-state index is 15.5. The average molecular weight is 713 g/mol. The van der Waals surface area contributed by atoms with Crippen LogP contribution >= 0.6 is 22.9 Å². The van der Waals surface area contributed by atoms with Crippen molar-refractivity contribution < 1.29 is 33.4 Å².